The van der Waals surface area contributed by atoms with E-state index in [1.54, 1.807) is 6.07 Å². The fourth-order valence-electron chi connectivity index (χ4n) is 0.912. The third-order valence-corrected chi connectivity index (χ3v) is 3.04. The number of benzene rings is 1. The first kappa shape index (κ1) is 10.5. The molecule has 1 aromatic carbocycles. The maximum absolute atomic E-state index is 5.92. The zero-order valence-corrected chi connectivity index (χ0v) is 9.57. The van der Waals surface area contributed by atoms with Gasteiger partial charge < -0.3 is 15.2 Å². The maximum atomic E-state index is 5.92. The van der Waals surface area contributed by atoms with Gasteiger partial charge in [-0.15, -0.1) is 0 Å². The second-order valence-electron chi connectivity index (χ2n) is 2.32. The molecule has 0 radical (unpaired) electrons. The van der Waals surface area contributed by atoms with Gasteiger partial charge in [-0.05, 0) is 15.9 Å². The summed E-state index contributed by atoms with van der Waals surface area (Å²) in [6, 6.07) is 1.64. The van der Waals surface area contributed by atoms with Crippen molar-refractivity contribution in [3.63, 3.8) is 0 Å². The molecule has 0 aromatic heterocycles. The first-order valence-corrected chi connectivity index (χ1v) is 4.64. The summed E-state index contributed by atoms with van der Waals surface area (Å²) < 4.78 is 10.6. The highest BCUT2D eigenvalue weighted by Gasteiger charge is 2.13. The van der Waals surface area contributed by atoms with Gasteiger partial charge in [0.2, 0.25) is 0 Å². The van der Waals surface area contributed by atoms with Crippen LogP contribution in [0.5, 0.6) is 11.5 Å². The van der Waals surface area contributed by atoms with Gasteiger partial charge in [0.15, 0.2) is 0 Å². The number of hydrogen-bond donors (Lipinski definition) is 1. The summed E-state index contributed by atoms with van der Waals surface area (Å²) in [4.78, 5) is 0. The molecule has 0 saturated carbocycles. The van der Waals surface area contributed by atoms with E-state index in [2.05, 4.69) is 15.9 Å². The molecule has 0 unspecified atom stereocenters. The summed E-state index contributed by atoms with van der Waals surface area (Å²) in [5, 5.41) is 0.445. The van der Waals surface area contributed by atoms with E-state index in [1.165, 1.54) is 14.2 Å². The van der Waals surface area contributed by atoms with Crippen molar-refractivity contribution in [3.8, 4) is 11.5 Å². The molecule has 5 heteroatoms. The molecule has 0 aliphatic rings. The molecule has 2 N–H and O–H groups in total. The molecule has 1 rings (SSSR count). The van der Waals surface area contributed by atoms with Crippen molar-refractivity contribution in [2.45, 2.75) is 0 Å². The fourth-order valence-corrected chi connectivity index (χ4v) is 1.54. The van der Waals surface area contributed by atoms with Crippen molar-refractivity contribution < 1.29 is 9.47 Å². The van der Waals surface area contributed by atoms with Crippen LogP contribution < -0.4 is 15.2 Å². The zero-order chi connectivity index (χ0) is 10.0. The smallest absolute Gasteiger partial charge is 0.146 e. The van der Waals surface area contributed by atoms with Crippen LogP contribution in [0.25, 0.3) is 0 Å². The molecule has 0 amide bonds. The number of rotatable bonds is 2. The summed E-state index contributed by atoms with van der Waals surface area (Å²) in [7, 11) is 3.06. The minimum absolute atomic E-state index is 0.445. The lowest BCUT2D eigenvalue weighted by molar-refractivity contribution is 0.395. The molecule has 0 aliphatic carbocycles. The summed E-state index contributed by atoms with van der Waals surface area (Å²) in [6.07, 6.45) is 0. The largest absolute Gasteiger partial charge is 0.495 e. The lowest BCUT2D eigenvalue weighted by Crippen LogP contribution is -1.96. The Morgan fingerprint density at radius 3 is 2.31 bits per heavy atom. The van der Waals surface area contributed by atoms with E-state index in [-0.39, 0.29) is 0 Å². The standard InChI is InChI=1S/C8H9BrClNO2/c1-12-4-3-5(13-2)8(11)6(9)7(4)10/h3H,11H2,1-2H3. The monoisotopic (exact) mass is 265 g/mol. The molecule has 0 bridgehead atoms. The number of nitrogens with two attached hydrogens (primary N) is 1. The quantitative estimate of drug-likeness (QED) is 0.837. The Morgan fingerprint density at radius 1 is 1.31 bits per heavy atom. The number of anilines is 1. The van der Waals surface area contributed by atoms with E-state index >= 15 is 0 Å². The van der Waals surface area contributed by atoms with E-state index in [0.717, 1.165) is 0 Å². The van der Waals surface area contributed by atoms with Gasteiger partial charge in [-0.2, -0.15) is 0 Å². The number of ether oxygens (including phenoxy) is 2. The SMILES string of the molecule is COc1cc(OC)c(Cl)c(Br)c1N. The van der Waals surface area contributed by atoms with Crippen molar-refractivity contribution in [2.75, 3.05) is 20.0 Å². The first-order valence-electron chi connectivity index (χ1n) is 3.47. The van der Waals surface area contributed by atoms with Gasteiger partial charge in [-0.1, -0.05) is 11.6 Å². The highest BCUT2D eigenvalue weighted by molar-refractivity contribution is 9.10. The molecule has 0 atom stereocenters. The molecule has 0 saturated heterocycles. The van der Waals surface area contributed by atoms with Crippen molar-refractivity contribution in [1.29, 1.82) is 0 Å². The number of methoxy groups -OCH3 is 2. The predicted octanol–water partition coefficient (Wildman–Crippen LogP) is 2.70. The Balaban J connectivity index is 3.36. The molecule has 3 nitrogen and oxygen atoms in total. The van der Waals surface area contributed by atoms with Crippen molar-refractivity contribution >= 4 is 33.2 Å². The predicted molar refractivity (Wildman–Crippen MR) is 56.7 cm³/mol. The lowest BCUT2D eigenvalue weighted by atomic mass is 10.3. The van der Waals surface area contributed by atoms with E-state index in [0.29, 0.717) is 26.7 Å². The minimum Gasteiger partial charge on any atom is -0.495 e. The van der Waals surface area contributed by atoms with Gasteiger partial charge in [-0.3, -0.25) is 0 Å². The van der Waals surface area contributed by atoms with Gasteiger partial charge >= 0.3 is 0 Å². The average molecular weight is 267 g/mol. The van der Waals surface area contributed by atoms with Crippen LogP contribution >= 0.6 is 27.5 Å². The number of halogens is 2. The Hall–Kier alpha value is -0.610. The van der Waals surface area contributed by atoms with Gasteiger partial charge in [0.05, 0.1) is 29.4 Å². The summed E-state index contributed by atoms with van der Waals surface area (Å²) in [6.45, 7) is 0. The molecule has 13 heavy (non-hydrogen) atoms. The molecule has 0 heterocycles. The molecule has 1 aromatic rings. The normalized spacial score (nSPS) is 9.85. The summed E-state index contributed by atoms with van der Waals surface area (Å²) in [5.41, 5.74) is 6.17. The van der Waals surface area contributed by atoms with E-state index in [4.69, 9.17) is 26.8 Å². The van der Waals surface area contributed by atoms with Gasteiger partial charge in [0.25, 0.3) is 0 Å². The Labute approximate surface area is 89.9 Å². The Morgan fingerprint density at radius 2 is 1.85 bits per heavy atom. The van der Waals surface area contributed by atoms with Crippen LogP contribution in [-0.2, 0) is 0 Å². The van der Waals surface area contributed by atoms with E-state index in [1.807, 2.05) is 0 Å². The van der Waals surface area contributed by atoms with Crippen LogP contribution in [-0.4, -0.2) is 14.2 Å². The van der Waals surface area contributed by atoms with Crippen molar-refractivity contribution in [2.24, 2.45) is 0 Å². The van der Waals surface area contributed by atoms with E-state index < -0.39 is 0 Å². The Bertz CT molecular complexity index is 302. The third kappa shape index (κ3) is 1.84. The molecular formula is C8H9BrClNO2. The van der Waals surface area contributed by atoms with Gasteiger partial charge in [-0.25, -0.2) is 0 Å². The molecule has 0 spiro atoms. The van der Waals surface area contributed by atoms with Crippen LogP contribution in [0.4, 0.5) is 5.69 Å². The van der Waals surface area contributed by atoms with Crippen LogP contribution in [0.3, 0.4) is 0 Å². The number of hydrogen-bond acceptors (Lipinski definition) is 3. The first-order chi connectivity index (χ1) is 6.11. The lowest BCUT2D eigenvalue weighted by Gasteiger charge is -2.11. The molecule has 0 aliphatic heterocycles. The fraction of sp³-hybridized carbons (Fsp3) is 0.250. The molecular weight excluding hydrogens is 257 g/mol. The molecule has 0 fully saturated rings. The van der Waals surface area contributed by atoms with E-state index in [9.17, 15) is 0 Å². The maximum Gasteiger partial charge on any atom is 0.146 e. The van der Waals surface area contributed by atoms with Crippen molar-refractivity contribution in [3.05, 3.63) is 15.6 Å². The summed E-state index contributed by atoms with van der Waals surface area (Å²) >= 11 is 9.17. The van der Waals surface area contributed by atoms with Crippen molar-refractivity contribution in [1.82, 2.24) is 0 Å². The highest BCUT2D eigenvalue weighted by Crippen LogP contribution is 2.42. The second-order valence-corrected chi connectivity index (χ2v) is 3.49. The second kappa shape index (κ2) is 4.07. The van der Waals surface area contributed by atoms with Crippen LogP contribution in [0.15, 0.2) is 10.5 Å². The third-order valence-electron chi connectivity index (χ3n) is 1.61. The van der Waals surface area contributed by atoms with Gasteiger partial charge in [0, 0.05) is 6.07 Å². The van der Waals surface area contributed by atoms with Crippen LogP contribution in [0.1, 0.15) is 0 Å². The minimum atomic E-state index is 0.445. The van der Waals surface area contributed by atoms with Crippen LogP contribution in [0, 0.1) is 0 Å². The number of nitrogen functional groups attached to an aromatic ring is 1. The van der Waals surface area contributed by atoms with Crippen LogP contribution in [0.2, 0.25) is 5.02 Å². The molecule has 72 valence electrons. The summed E-state index contributed by atoms with van der Waals surface area (Å²) in [5.74, 6) is 1.06. The Kier molecular flexibility index (Phi) is 3.27. The average Bonchev–Trinajstić information content (AvgIpc) is 2.15. The topological polar surface area (TPSA) is 44.5 Å². The zero-order valence-electron chi connectivity index (χ0n) is 7.23. The van der Waals surface area contributed by atoms with Gasteiger partial charge in [0.1, 0.15) is 11.5 Å². The highest BCUT2D eigenvalue weighted by atomic mass is 79.9.